The summed E-state index contributed by atoms with van der Waals surface area (Å²) in [5.41, 5.74) is 1.06. The average Bonchev–Trinajstić information content (AvgIpc) is 2.76. The van der Waals surface area contributed by atoms with Gasteiger partial charge >= 0.3 is 5.97 Å². The second-order valence-electron chi connectivity index (χ2n) is 7.52. The van der Waals surface area contributed by atoms with E-state index in [1.807, 2.05) is 45.0 Å². The van der Waals surface area contributed by atoms with E-state index in [-0.39, 0.29) is 11.9 Å². The van der Waals surface area contributed by atoms with E-state index in [1.165, 1.54) is 11.0 Å². The van der Waals surface area contributed by atoms with Crippen LogP contribution in [0.1, 0.15) is 32.8 Å². The minimum Gasteiger partial charge on any atom is -0.490 e. The Balaban J connectivity index is 1.97. The number of anilines is 1. The number of carbonyl (C=O) groups is 2. The number of nitrogens with zero attached hydrogens (tertiary/aromatic N) is 1. The zero-order valence-corrected chi connectivity index (χ0v) is 18.1. The summed E-state index contributed by atoms with van der Waals surface area (Å²) in [7, 11) is 1.69. The monoisotopic (exact) mass is 407 g/mol. The van der Waals surface area contributed by atoms with E-state index in [0.29, 0.717) is 24.5 Å². The van der Waals surface area contributed by atoms with Gasteiger partial charge < -0.3 is 14.4 Å². The lowest BCUT2D eigenvalue weighted by molar-refractivity contribution is -0.144. The molecule has 0 aliphatic heterocycles. The van der Waals surface area contributed by atoms with Crippen molar-refractivity contribution >= 4 is 23.6 Å². The first-order chi connectivity index (χ1) is 14.3. The number of rotatable bonds is 9. The van der Waals surface area contributed by atoms with Gasteiger partial charge in [-0.3, -0.25) is 9.59 Å². The second kappa shape index (κ2) is 10.4. The topological polar surface area (TPSA) is 55.8 Å². The van der Waals surface area contributed by atoms with E-state index in [9.17, 15) is 9.59 Å². The summed E-state index contributed by atoms with van der Waals surface area (Å²) in [4.78, 5) is 26.2. The number of amides is 1. The van der Waals surface area contributed by atoms with Crippen molar-refractivity contribution in [3.63, 3.8) is 0 Å². The zero-order chi connectivity index (χ0) is 22.1. The van der Waals surface area contributed by atoms with Crippen LogP contribution >= 0.6 is 0 Å². The molecule has 2 aromatic carbocycles. The quantitative estimate of drug-likeness (QED) is 0.246. The van der Waals surface area contributed by atoms with Crippen molar-refractivity contribution in [3.05, 3.63) is 72.8 Å². The molecule has 0 radical (unpaired) electrons. The van der Waals surface area contributed by atoms with E-state index >= 15 is 0 Å². The molecule has 158 valence electrons. The summed E-state index contributed by atoms with van der Waals surface area (Å²) in [5.74, 6) is 0.768. The van der Waals surface area contributed by atoms with E-state index in [0.717, 1.165) is 11.3 Å². The number of ether oxygens (including phenoxy) is 2. The van der Waals surface area contributed by atoms with Crippen molar-refractivity contribution in [1.29, 1.82) is 0 Å². The van der Waals surface area contributed by atoms with Crippen LogP contribution in [0.2, 0.25) is 0 Å². The van der Waals surface area contributed by atoms with Gasteiger partial charge in [-0.25, -0.2) is 0 Å². The molecular weight excluding hydrogens is 378 g/mol. The molecule has 0 bridgehead atoms. The molecule has 0 aliphatic rings. The van der Waals surface area contributed by atoms with Crippen LogP contribution in [0.25, 0.3) is 6.08 Å². The summed E-state index contributed by atoms with van der Waals surface area (Å²) in [6.07, 6.45) is 5.64. The smallest absolute Gasteiger partial charge is 0.316 e. The van der Waals surface area contributed by atoms with Crippen molar-refractivity contribution in [2.24, 2.45) is 5.41 Å². The fourth-order valence-electron chi connectivity index (χ4n) is 2.36. The molecule has 0 atom stereocenters. The number of likely N-dealkylation sites (N-methyl/N-ethyl adjacent to an activating group) is 1. The van der Waals surface area contributed by atoms with Crippen molar-refractivity contribution in [2.45, 2.75) is 27.2 Å². The molecule has 0 heterocycles. The molecule has 0 saturated heterocycles. The SMILES string of the molecule is C=CCOc1ccc(/C=C/C(=O)N(C)c2ccc(OC(=O)C(C)(C)CC)cc2)cc1. The third-order valence-corrected chi connectivity index (χ3v) is 4.87. The van der Waals surface area contributed by atoms with Crippen molar-refractivity contribution < 1.29 is 19.1 Å². The summed E-state index contributed by atoms with van der Waals surface area (Å²) < 4.78 is 10.9. The molecule has 2 aromatic rings. The number of hydrogen-bond acceptors (Lipinski definition) is 4. The maximum absolute atomic E-state index is 12.5. The predicted molar refractivity (Wildman–Crippen MR) is 121 cm³/mol. The van der Waals surface area contributed by atoms with Crippen LogP contribution < -0.4 is 14.4 Å². The minimum absolute atomic E-state index is 0.168. The highest BCUT2D eigenvalue weighted by molar-refractivity contribution is 6.03. The van der Waals surface area contributed by atoms with Crippen LogP contribution in [0.3, 0.4) is 0 Å². The minimum atomic E-state index is -0.536. The highest BCUT2D eigenvalue weighted by atomic mass is 16.5. The van der Waals surface area contributed by atoms with E-state index in [4.69, 9.17) is 9.47 Å². The molecule has 0 saturated carbocycles. The number of carbonyl (C=O) groups excluding carboxylic acids is 2. The van der Waals surface area contributed by atoms with Crippen molar-refractivity contribution in [3.8, 4) is 11.5 Å². The maximum atomic E-state index is 12.5. The Morgan fingerprint density at radius 1 is 1.03 bits per heavy atom. The molecule has 1 amide bonds. The molecule has 5 heteroatoms. The van der Waals surface area contributed by atoms with E-state index in [2.05, 4.69) is 6.58 Å². The van der Waals surface area contributed by atoms with Gasteiger partial charge in [-0.05, 0) is 68.3 Å². The number of esters is 1. The Kier molecular flexibility index (Phi) is 7.98. The summed E-state index contributed by atoms with van der Waals surface area (Å²) in [6, 6.07) is 14.3. The zero-order valence-electron chi connectivity index (χ0n) is 18.1. The summed E-state index contributed by atoms with van der Waals surface area (Å²) in [5, 5.41) is 0. The van der Waals surface area contributed by atoms with E-state index in [1.54, 1.807) is 43.5 Å². The Morgan fingerprint density at radius 2 is 1.63 bits per heavy atom. The second-order valence-corrected chi connectivity index (χ2v) is 7.52. The van der Waals surface area contributed by atoms with Gasteiger partial charge in [-0.1, -0.05) is 31.7 Å². The molecule has 2 rings (SSSR count). The molecule has 0 spiro atoms. The molecule has 0 aromatic heterocycles. The molecule has 0 fully saturated rings. The van der Waals surface area contributed by atoms with Gasteiger partial charge in [0.15, 0.2) is 0 Å². The number of benzene rings is 2. The largest absolute Gasteiger partial charge is 0.490 e. The van der Waals surface area contributed by atoms with Crippen LogP contribution in [0.4, 0.5) is 5.69 Å². The van der Waals surface area contributed by atoms with Crippen LogP contribution in [0, 0.1) is 5.41 Å². The lowest BCUT2D eigenvalue weighted by Crippen LogP contribution is -2.28. The third kappa shape index (κ3) is 6.34. The Labute approximate surface area is 178 Å². The van der Waals surface area contributed by atoms with Gasteiger partial charge in [0.25, 0.3) is 5.91 Å². The lowest BCUT2D eigenvalue weighted by Gasteiger charge is -2.20. The third-order valence-electron chi connectivity index (χ3n) is 4.87. The first kappa shape index (κ1) is 22.9. The fraction of sp³-hybridized carbons (Fsp3) is 0.280. The normalized spacial score (nSPS) is 11.2. The van der Waals surface area contributed by atoms with Crippen LogP contribution in [-0.2, 0) is 9.59 Å². The maximum Gasteiger partial charge on any atom is 0.316 e. The number of hydrogen-bond donors (Lipinski definition) is 0. The van der Waals surface area contributed by atoms with Gasteiger partial charge in [0.2, 0.25) is 0 Å². The van der Waals surface area contributed by atoms with Crippen LogP contribution in [-0.4, -0.2) is 25.5 Å². The first-order valence-electron chi connectivity index (χ1n) is 9.88. The van der Waals surface area contributed by atoms with Gasteiger partial charge in [0.05, 0.1) is 5.41 Å². The van der Waals surface area contributed by atoms with Gasteiger partial charge in [-0.15, -0.1) is 0 Å². The molecule has 5 nitrogen and oxygen atoms in total. The average molecular weight is 408 g/mol. The highest BCUT2D eigenvalue weighted by Gasteiger charge is 2.27. The Hall–Kier alpha value is -3.34. The van der Waals surface area contributed by atoms with Crippen LogP contribution in [0.5, 0.6) is 11.5 Å². The van der Waals surface area contributed by atoms with Crippen molar-refractivity contribution in [2.75, 3.05) is 18.6 Å². The lowest BCUT2D eigenvalue weighted by atomic mass is 9.91. The first-order valence-corrected chi connectivity index (χ1v) is 9.88. The Bertz CT molecular complexity index is 896. The molecule has 0 N–H and O–H groups in total. The molecular formula is C25H29NO4. The Morgan fingerprint density at radius 3 is 2.20 bits per heavy atom. The highest BCUT2D eigenvalue weighted by Crippen LogP contribution is 2.25. The fourth-order valence-corrected chi connectivity index (χ4v) is 2.36. The predicted octanol–water partition coefficient (Wildman–Crippen LogP) is 5.27. The molecule has 0 unspecified atom stereocenters. The van der Waals surface area contributed by atoms with Gasteiger partial charge in [-0.2, -0.15) is 0 Å². The summed E-state index contributed by atoms with van der Waals surface area (Å²) in [6.45, 7) is 9.72. The van der Waals surface area contributed by atoms with E-state index < -0.39 is 5.41 Å². The van der Waals surface area contributed by atoms with Gasteiger partial charge in [0, 0.05) is 18.8 Å². The molecule has 30 heavy (non-hydrogen) atoms. The summed E-state index contributed by atoms with van der Waals surface area (Å²) >= 11 is 0. The van der Waals surface area contributed by atoms with Crippen molar-refractivity contribution in [1.82, 2.24) is 0 Å². The van der Waals surface area contributed by atoms with Crippen LogP contribution in [0.15, 0.2) is 67.3 Å². The molecule has 0 aliphatic carbocycles. The standard InChI is InChI=1S/C25H29NO4/c1-6-18-29-21-13-8-19(9-14-21)10-17-23(27)26(5)20-11-15-22(16-12-20)30-24(28)25(3,4)7-2/h6,8-17H,1,7,18H2,2-5H3/b17-10+. The van der Waals surface area contributed by atoms with Gasteiger partial charge in [0.1, 0.15) is 18.1 Å².